The van der Waals surface area contributed by atoms with Crippen molar-refractivity contribution >= 4 is 12.0 Å². The van der Waals surface area contributed by atoms with Gasteiger partial charge in [0.05, 0.1) is 6.61 Å². The molecule has 2 rings (SSSR count). The van der Waals surface area contributed by atoms with E-state index in [2.05, 4.69) is 0 Å². The maximum Gasteiger partial charge on any atom is 0.409 e. The average Bonchev–Trinajstić information content (AvgIpc) is 2.61. The number of rotatable bonds is 5. The number of amides is 2. The lowest BCUT2D eigenvalue weighted by Crippen LogP contribution is -2.53. The van der Waals surface area contributed by atoms with Gasteiger partial charge in [-0.05, 0) is 32.4 Å². The molecule has 1 heterocycles. The minimum absolute atomic E-state index is 0.0263. The van der Waals surface area contributed by atoms with E-state index in [4.69, 9.17) is 9.47 Å². The van der Waals surface area contributed by atoms with E-state index in [1.807, 2.05) is 38.1 Å². The molecule has 1 fully saturated rings. The average molecular weight is 334 g/mol. The van der Waals surface area contributed by atoms with Crippen LogP contribution in [0.2, 0.25) is 0 Å². The Morgan fingerprint density at radius 2 is 1.62 bits per heavy atom. The Morgan fingerprint density at radius 3 is 2.17 bits per heavy atom. The Labute approximate surface area is 143 Å². The molecule has 1 unspecified atom stereocenters. The van der Waals surface area contributed by atoms with E-state index in [1.165, 1.54) is 0 Å². The molecule has 1 aromatic rings. The van der Waals surface area contributed by atoms with E-state index in [1.54, 1.807) is 16.7 Å². The molecule has 2 amide bonds. The van der Waals surface area contributed by atoms with Gasteiger partial charge in [0.15, 0.2) is 6.10 Å². The molecule has 132 valence electrons. The topological polar surface area (TPSA) is 59.1 Å². The van der Waals surface area contributed by atoms with Gasteiger partial charge >= 0.3 is 6.09 Å². The second kappa shape index (κ2) is 8.57. The van der Waals surface area contributed by atoms with E-state index < -0.39 is 6.10 Å². The molecule has 6 nitrogen and oxygen atoms in total. The minimum Gasteiger partial charge on any atom is -0.481 e. The normalized spacial score (nSPS) is 15.8. The van der Waals surface area contributed by atoms with Crippen molar-refractivity contribution in [1.82, 2.24) is 9.80 Å². The fraction of sp³-hybridized carbons (Fsp3) is 0.556. The van der Waals surface area contributed by atoms with Gasteiger partial charge < -0.3 is 19.3 Å². The highest BCUT2D eigenvalue weighted by molar-refractivity contribution is 5.81. The third-order valence-corrected chi connectivity index (χ3v) is 4.06. The Bertz CT molecular complexity index is 551. The highest BCUT2D eigenvalue weighted by atomic mass is 16.6. The zero-order chi connectivity index (χ0) is 17.5. The van der Waals surface area contributed by atoms with E-state index in [9.17, 15) is 9.59 Å². The first kappa shape index (κ1) is 18.1. The first-order chi connectivity index (χ1) is 11.5. The molecule has 0 N–H and O–H groups in total. The molecule has 24 heavy (non-hydrogen) atoms. The number of piperazine rings is 1. The minimum atomic E-state index is -0.498. The van der Waals surface area contributed by atoms with E-state index in [0.717, 1.165) is 5.56 Å². The van der Waals surface area contributed by atoms with Crippen molar-refractivity contribution in [2.75, 3.05) is 32.8 Å². The number of benzene rings is 1. The molecule has 0 bridgehead atoms. The summed E-state index contributed by atoms with van der Waals surface area (Å²) < 4.78 is 10.8. The van der Waals surface area contributed by atoms with Crippen LogP contribution in [0.3, 0.4) is 0 Å². The molecule has 1 aliphatic heterocycles. The van der Waals surface area contributed by atoms with E-state index >= 15 is 0 Å². The largest absolute Gasteiger partial charge is 0.481 e. The van der Waals surface area contributed by atoms with Gasteiger partial charge in [0.1, 0.15) is 5.75 Å². The molecular weight excluding hydrogens is 308 g/mol. The van der Waals surface area contributed by atoms with Crippen LogP contribution in [0.4, 0.5) is 4.79 Å². The van der Waals surface area contributed by atoms with Crippen LogP contribution in [-0.2, 0) is 9.53 Å². The summed E-state index contributed by atoms with van der Waals surface area (Å²) >= 11 is 0. The van der Waals surface area contributed by atoms with E-state index in [-0.39, 0.29) is 12.0 Å². The van der Waals surface area contributed by atoms with Gasteiger partial charge in [-0.3, -0.25) is 4.79 Å². The van der Waals surface area contributed by atoms with Crippen molar-refractivity contribution in [2.45, 2.75) is 33.3 Å². The first-order valence-corrected chi connectivity index (χ1v) is 8.49. The predicted molar refractivity (Wildman–Crippen MR) is 91.1 cm³/mol. The molecular formula is C18H26N2O4. The highest BCUT2D eigenvalue weighted by Gasteiger charge is 2.29. The number of ether oxygens (including phenoxy) is 2. The lowest BCUT2D eigenvalue weighted by Gasteiger charge is -2.35. The molecule has 0 radical (unpaired) electrons. The van der Waals surface area contributed by atoms with Crippen LogP contribution in [0, 0.1) is 6.92 Å². The summed E-state index contributed by atoms with van der Waals surface area (Å²) in [6.45, 7) is 8.08. The maximum atomic E-state index is 12.7. The predicted octanol–water partition coefficient (Wildman–Crippen LogP) is 2.45. The zero-order valence-electron chi connectivity index (χ0n) is 14.7. The monoisotopic (exact) mass is 334 g/mol. The maximum absolute atomic E-state index is 12.7. The Balaban J connectivity index is 1.90. The van der Waals surface area contributed by atoms with Gasteiger partial charge in [0, 0.05) is 26.2 Å². The number of nitrogens with zero attached hydrogens (tertiary/aromatic N) is 2. The SMILES string of the molecule is CCOC(=O)N1CCN(C(=O)C(CC)Oc2ccc(C)cc2)CC1. The van der Waals surface area contributed by atoms with Crippen molar-refractivity contribution in [3.05, 3.63) is 29.8 Å². The number of carbonyl (C=O) groups is 2. The second-order valence-corrected chi connectivity index (χ2v) is 5.84. The van der Waals surface area contributed by atoms with Crippen molar-refractivity contribution < 1.29 is 19.1 Å². The smallest absolute Gasteiger partial charge is 0.409 e. The summed E-state index contributed by atoms with van der Waals surface area (Å²) in [5.74, 6) is 0.674. The molecule has 1 aliphatic rings. The van der Waals surface area contributed by atoms with Gasteiger partial charge in [0.25, 0.3) is 5.91 Å². The van der Waals surface area contributed by atoms with Crippen LogP contribution >= 0.6 is 0 Å². The fourth-order valence-corrected chi connectivity index (χ4v) is 2.62. The van der Waals surface area contributed by atoms with Crippen molar-refractivity contribution in [3.63, 3.8) is 0 Å². The quantitative estimate of drug-likeness (QED) is 0.830. The fourth-order valence-electron chi connectivity index (χ4n) is 2.62. The summed E-state index contributed by atoms with van der Waals surface area (Å²) in [6.07, 6.45) is -0.209. The van der Waals surface area contributed by atoms with Crippen LogP contribution < -0.4 is 4.74 Å². The van der Waals surface area contributed by atoms with E-state index in [0.29, 0.717) is 45.0 Å². The number of aryl methyl sites for hydroxylation is 1. The van der Waals surface area contributed by atoms with Gasteiger partial charge in [-0.1, -0.05) is 24.6 Å². The lowest BCUT2D eigenvalue weighted by atomic mass is 10.2. The van der Waals surface area contributed by atoms with Gasteiger partial charge in [0.2, 0.25) is 0 Å². The van der Waals surface area contributed by atoms with Gasteiger partial charge in [-0.25, -0.2) is 4.79 Å². The standard InChI is InChI=1S/C18H26N2O4/c1-4-16(24-15-8-6-14(3)7-9-15)17(21)19-10-12-20(13-11-19)18(22)23-5-2/h6-9,16H,4-5,10-13H2,1-3H3. The molecule has 0 aromatic heterocycles. The molecule has 0 aliphatic carbocycles. The summed E-state index contributed by atoms with van der Waals surface area (Å²) in [6, 6.07) is 7.68. The molecule has 1 atom stereocenters. The van der Waals surface area contributed by atoms with Crippen molar-refractivity contribution in [2.24, 2.45) is 0 Å². The lowest BCUT2D eigenvalue weighted by molar-refractivity contribution is -0.140. The third kappa shape index (κ3) is 4.63. The number of hydrogen-bond acceptors (Lipinski definition) is 4. The van der Waals surface area contributed by atoms with Crippen LogP contribution in [0.1, 0.15) is 25.8 Å². The van der Waals surface area contributed by atoms with Crippen LogP contribution in [0.15, 0.2) is 24.3 Å². The third-order valence-electron chi connectivity index (χ3n) is 4.06. The Kier molecular flexibility index (Phi) is 6.46. The molecule has 6 heteroatoms. The molecule has 1 aromatic carbocycles. The molecule has 0 saturated carbocycles. The van der Waals surface area contributed by atoms with Crippen LogP contribution in [-0.4, -0.2) is 60.7 Å². The number of carbonyl (C=O) groups excluding carboxylic acids is 2. The number of hydrogen-bond donors (Lipinski definition) is 0. The Morgan fingerprint density at radius 1 is 1.04 bits per heavy atom. The highest BCUT2D eigenvalue weighted by Crippen LogP contribution is 2.16. The summed E-state index contributed by atoms with van der Waals surface area (Å²) in [5, 5.41) is 0. The summed E-state index contributed by atoms with van der Waals surface area (Å²) in [5.41, 5.74) is 1.15. The van der Waals surface area contributed by atoms with Crippen molar-refractivity contribution in [3.8, 4) is 5.75 Å². The summed E-state index contributed by atoms with van der Waals surface area (Å²) in [7, 11) is 0. The first-order valence-electron chi connectivity index (χ1n) is 8.49. The van der Waals surface area contributed by atoms with Crippen LogP contribution in [0.5, 0.6) is 5.75 Å². The van der Waals surface area contributed by atoms with Crippen molar-refractivity contribution in [1.29, 1.82) is 0 Å². The molecule has 0 spiro atoms. The second-order valence-electron chi connectivity index (χ2n) is 5.84. The molecule has 1 saturated heterocycles. The Hall–Kier alpha value is -2.24. The zero-order valence-corrected chi connectivity index (χ0v) is 14.7. The van der Waals surface area contributed by atoms with Gasteiger partial charge in [-0.2, -0.15) is 0 Å². The summed E-state index contributed by atoms with van der Waals surface area (Å²) in [4.78, 5) is 27.8. The van der Waals surface area contributed by atoms with Gasteiger partial charge in [-0.15, -0.1) is 0 Å². The van der Waals surface area contributed by atoms with Crippen LogP contribution in [0.25, 0.3) is 0 Å².